The molecule has 1 fully saturated rings. The molecule has 0 unspecified atom stereocenters. The number of imide groups is 1. The Kier molecular flexibility index (Phi) is 7.81. The first kappa shape index (κ1) is 20.6. The largest absolute Gasteiger partial charge is 0.480 e. The van der Waals surface area contributed by atoms with E-state index < -0.39 is 31.1 Å². The Morgan fingerprint density at radius 3 is 2.35 bits per heavy atom. The van der Waals surface area contributed by atoms with Crippen molar-refractivity contribution in [3.63, 3.8) is 0 Å². The van der Waals surface area contributed by atoms with Crippen molar-refractivity contribution in [1.29, 1.82) is 0 Å². The molecular weight excluding hydrogens is 407 g/mol. The van der Waals surface area contributed by atoms with Crippen LogP contribution in [0.25, 0.3) is 0 Å². The molecule has 0 heterocycles. The smallest absolute Gasteiger partial charge is 0.344 e. The summed E-state index contributed by atoms with van der Waals surface area (Å²) in [6, 6.07) is 2.22. The van der Waals surface area contributed by atoms with Gasteiger partial charge in [-0.1, -0.05) is 47.6 Å². The van der Waals surface area contributed by atoms with E-state index in [-0.39, 0.29) is 26.9 Å². The number of benzene rings is 1. The Morgan fingerprint density at radius 2 is 1.65 bits per heavy atom. The molecule has 3 amide bonds. The molecule has 1 aliphatic carbocycles. The van der Waals surface area contributed by atoms with Crippen LogP contribution in [0.2, 0.25) is 15.1 Å². The summed E-state index contributed by atoms with van der Waals surface area (Å²) in [6.45, 7) is -1.09. The van der Waals surface area contributed by atoms with Gasteiger partial charge in [0.15, 0.2) is 13.2 Å². The fraction of sp³-hybridized carbons (Fsp3) is 0.438. The average molecular weight is 424 g/mol. The van der Waals surface area contributed by atoms with Crippen molar-refractivity contribution < 1.29 is 23.9 Å². The van der Waals surface area contributed by atoms with Gasteiger partial charge in [-0.2, -0.15) is 0 Å². The van der Waals surface area contributed by atoms with Gasteiger partial charge in [0.05, 0.1) is 15.1 Å². The summed E-state index contributed by atoms with van der Waals surface area (Å²) in [5, 5.41) is 5.42. The van der Waals surface area contributed by atoms with Crippen LogP contribution in [-0.4, -0.2) is 37.2 Å². The summed E-state index contributed by atoms with van der Waals surface area (Å²) in [6.07, 6.45) is 3.90. The van der Waals surface area contributed by atoms with Crippen LogP contribution >= 0.6 is 34.8 Å². The molecule has 0 bridgehead atoms. The highest BCUT2D eigenvalue weighted by atomic mass is 35.5. The average Bonchev–Trinajstić information content (AvgIpc) is 3.07. The molecule has 0 saturated heterocycles. The molecule has 10 heteroatoms. The maximum atomic E-state index is 11.6. The minimum atomic E-state index is -0.807. The Hall–Kier alpha value is -1.70. The van der Waals surface area contributed by atoms with E-state index in [1.165, 1.54) is 12.1 Å². The molecule has 0 atom stereocenters. The lowest BCUT2D eigenvalue weighted by Crippen LogP contribution is -2.45. The highest BCUT2D eigenvalue weighted by Crippen LogP contribution is 2.33. The van der Waals surface area contributed by atoms with E-state index in [0.717, 1.165) is 25.7 Å². The number of hydrogen-bond donors (Lipinski definition) is 2. The number of hydrogen-bond acceptors (Lipinski definition) is 5. The molecule has 0 spiro atoms. The first-order valence-corrected chi connectivity index (χ1v) is 9.02. The van der Waals surface area contributed by atoms with Crippen molar-refractivity contribution in [2.45, 2.75) is 31.7 Å². The second-order valence-electron chi connectivity index (χ2n) is 5.65. The van der Waals surface area contributed by atoms with Gasteiger partial charge in [0.2, 0.25) is 0 Å². The lowest BCUT2D eigenvalue weighted by Gasteiger charge is -2.12. The molecule has 2 rings (SSSR count). The monoisotopic (exact) mass is 422 g/mol. The van der Waals surface area contributed by atoms with E-state index in [0.29, 0.717) is 0 Å². The Balaban J connectivity index is 1.68. The fourth-order valence-electron chi connectivity index (χ4n) is 2.39. The molecule has 1 aromatic rings. The molecule has 1 aliphatic rings. The van der Waals surface area contributed by atoms with Gasteiger partial charge in [-0.25, -0.2) is 9.59 Å². The van der Waals surface area contributed by atoms with Gasteiger partial charge in [-0.15, -0.1) is 0 Å². The molecular formula is C16H17Cl3N2O5. The lowest BCUT2D eigenvalue weighted by atomic mass is 10.2. The van der Waals surface area contributed by atoms with E-state index in [1.807, 2.05) is 0 Å². The zero-order valence-electron chi connectivity index (χ0n) is 13.6. The van der Waals surface area contributed by atoms with E-state index in [2.05, 4.69) is 10.6 Å². The molecule has 1 aromatic carbocycles. The number of amides is 3. The second kappa shape index (κ2) is 9.85. The molecule has 1 saturated carbocycles. The highest BCUT2D eigenvalue weighted by Gasteiger charge is 2.18. The van der Waals surface area contributed by atoms with Gasteiger partial charge in [0, 0.05) is 12.1 Å². The first-order valence-electron chi connectivity index (χ1n) is 7.88. The zero-order valence-corrected chi connectivity index (χ0v) is 15.9. The van der Waals surface area contributed by atoms with E-state index >= 15 is 0 Å². The van der Waals surface area contributed by atoms with Crippen molar-refractivity contribution in [2.75, 3.05) is 13.2 Å². The number of rotatable bonds is 6. The molecule has 7 nitrogen and oxygen atoms in total. The van der Waals surface area contributed by atoms with E-state index in [9.17, 15) is 14.4 Å². The number of carbonyl (C=O) groups excluding carboxylic acids is 3. The van der Waals surface area contributed by atoms with E-state index in [4.69, 9.17) is 44.3 Å². The van der Waals surface area contributed by atoms with Crippen LogP contribution < -0.4 is 15.4 Å². The number of esters is 1. The summed E-state index contributed by atoms with van der Waals surface area (Å²) in [7, 11) is 0. The minimum Gasteiger partial charge on any atom is -0.480 e. The third kappa shape index (κ3) is 6.55. The maximum absolute atomic E-state index is 11.6. The summed E-state index contributed by atoms with van der Waals surface area (Å²) < 4.78 is 9.91. The highest BCUT2D eigenvalue weighted by molar-refractivity contribution is 6.43. The topological polar surface area (TPSA) is 93.7 Å². The predicted molar refractivity (Wildman–Crippen MR) is 96.9 cm³/mol. The number of ether oxygens (including phenoxy) is 2. The molecule has 26 heavy (non-hydrogen) atoms. The van der Waals surface area contributed by atoms with Crippen LogP contribution in [0.15, 0.2) is 12.1 Å². The van der Waals surface area contributed by atoms with E-state index in [1.54, 1.807) is 0 Å². The van der Waals surface area contributed by atoms with Crippen LogP contribution in [0.1, 0.15) is 25.7 Å². The summed E-state index contributed by atoms with van der Waals surface area (Å²) in [5.74, 6) is -1.39. The Bertz CT molecular complexity index is 693. The van der Waals surface area contributed by atoms with Crippen LogP contribution in [0.5, 0.6) is 5.75 Å². The van der Waals surface area contributed by atoms with Gasteiger partial charge < -0.3 is 14.8 Å². The van der Waals surface area contributed by atoms with Crippen LogP contribution in [0.3, 0.4) is 0 Å². The number of nitrogens with one attached hydrogen (secondary N) is 2. The third-order valence-corrected chi connectivity index (χ3v) is 4.65. The third-order valence-electron chi connectivity index (χ3n) is 3.63. The van der Waals surface area contributed by atoms with Gasteiger partial charge >= 0.3 is 12.0 Å². The molecule has 142 valence electrons. The quantitative estimate of drug-likeness (QED) is 0.541. The van der Waals surface area contributed by atoms with Gasteiger partial charge in [-0.3, -0.25) is 10.1 Å². The Morgan fingerprint density at radius 1 is 1.00 bits per heavy atom. The normalized spacial score (nSPS) is 14.0. The summed E-state index contributed by atoms with van der Waals surface area (Å²) >= 11 is 17.5. The molecule has 2 N–H and O–H groups in total. The molecule has 0 radical (unpaired) electrons. The maximum Gasteiger partial charge on any atom is 0.344 e. The van der Waals surface area contributed by atoms with Crippen molar-refractivity contribution in [3.8, 4) is 5.75 Å². The van der Waals surface area contributed by atoms with Crippen molar-refractivity contribution in [1.82, 2.24) is 10.6 Å². The SMILES string of the molecule is O=C(COC(=O)COc1cc(Cl)c(Cl)cc1Cl)NC(=O)NC1CCCC1. The summed E-state index contributed by atoms with van der Waals surface area (Å²) in [4.78, 5) is 34.8. The van der Waals surface area contributed by atoms with Crippen molar-refractivity contribution in [3.05, 3.63) is 27.2 Å². The van der Waals surface area contributed by atoms with Crippen molar-refractivity contribution in [2.24, 2.45) is 0 Å². The van der Waals surface area contributed by atoms with Crippen molar-refractivity contribution >= 4 is 52.7 Å². The van der Waals surface area contributed by atoms with Crippen LogP contribution in [0.4, 0.5) is 4.79 Å². The van der Waals surface area contributed by atoms with Gasteiger partial charge in [0.1, 0.15) is 5.75 Å². The standard InChI is InChI=1S/C16H17Cl3N2O5/c17-10-5-12(19)13(6-11(10)18)25-8-15(23)26-7-14(22)21-16(24)20-9-3-1-2-4-9/h5-6,9H,1-4,7-8H2,(H2,20,21,22,24). The summed E-state index contributed by atoms with van der Waals surface area (Å²) in [5.41, 5.74) is 0. The Labute approximate surface area is 165 Å². The predicted octanol–water partition coefficient (Wildman–Crippen LogP) is 3.34. The van der Waals surface area contributed by atoms with Crippen LogP contribution in [-0.2, 0) is 14.3 Å². The minimum absolute atomic E-state index is 0.0784. The second-order valence-corrected chi connectivity index (χ2v) is 6.87. The van der Waals surface area contributed by atoms with Gasteiger partial charge in [0.25, 0.3) is 5.91 Å². The fourth-order valence-corrected chi connectivity index (χ4v) is 2.99. The number of carbonyl (C=O) groups is 3. The first-order chi connectivity index (χ1) is 12.3. The lowest BCUT2D eigenvalue weighted by molar-refractivity contribution is -0.150. The zero-order chi connectivity index (χ0) is 19.1. The molecule has 0 aliphatic heterocycles. The number of urea groups is 1. The molecule has 0 aromatic heterocycles. The van der Waals surface area contributed by atoms with Crippen LogP contribution in [0, 0.1) is 0 Å². The number of halogens is 3. The van der Waals surface area contributed by atoms with Gasteiger partial charge in [-0.05, 0) is 18.9 Å².